The van der Waals surface area contributed by atoms with E-state index in [-0.39, 0.29) is 34.8 Å². The molecule has 3 heterocycles. The van der Waals surface area contributed by atoms with Gasteiger partial charge in [-0.1, -0.05) is 0 Å². The number of hydrogen-bond donors (Lipinski definition) is 6. The number of carboxylic acid groups (broad SMARTS) is 3. The molecule has 3 amide bonds. The van der Waals surface area contributed by atoms with E-state index >= 15 is 0 Å². The Morgan fingerprint density at radius 2 is 0.821 bits per heavy atom. The summed E-state index contributed by atoms with van der Waals surface area (Å²) in [5, 5.41) is 31.9. The van der Waals surface area contributed by atoms with E-state index in [1.165, 1.54) is 0 Å². The monoisotopic (exact) mass is 443 g/mol. The summed E-state index contributed by atoms with van der Waals surface area (Å²) >= 11 is 0. The molecule has 158 valence electrons. The molecule has 0 spiro atoms. The molecule has 13 heteroatoms. The predicted molar refractivity (Wildman–Crippen MR) is 86.4 cm³/mol. The van der Waals surface area contributed by atoms with Gasteiger partial charge in [-0.2, -0.15) is 0 Å². The van der Waals surface area contributed by atoms with Gasteiger partial charge in [0.2, 0.25) is 17.7 Å². The first-order chi connectivity index (χ1) is 12.6. The van der Waals surface area contributed by atoms with Crippen molar-refractivity contribution in [3.63, 3.8) is 0 Å². The largest absolute Gasteiger partial charge is 0.480 e. The molecule has 0 aromatic rings. The smallest absolute Gasteiger partial charge is 0.326 e. The van der Waals surface area contributed by atoms with Gasteiger partial charge in [0.15, 0.2) is 0 Å². The van der Waals surface area contributed by atoms with Crippen molar-refractivity contribution in [3.05, 3.63) is 0 Å². The van der Waals surface area contributed by atoms with E-state index in [0.717, 1.165) is 0 Å². The maximum atomic E-state index is 10.4. The molecule has 3 rings (SSSR count). The molecule has 0 aromatic carbocycles. The molecule has 0 saturated carbocycles. The van der Waals surface area contributed by atoms with Gasteiger partial charge >= 0.3 is 17.9 Å². The van der Waals surface area contributed by atoms with Crippen LogP contribution in [0.3, 0.4) is 0 Å². The fourth-order valence-electron chi connectivity index (χ4n) is 2.40. The van der Waals surface area contributed by atoms with Crippen molar-refractivity contribution in [1.82, 2.24) is 16.0 Å². The first-order valence-corrected chi connectivity index (χ1v) is 8.16. The van der Waals surface area contributed by atoms with Gasteiger partial charge in [0.25, 0.3) is 0 Å². The van der Waals surface area contributed by atoms with Crippen LogP contribution < -0.4 is 16.0 Å². The van der Waals surface area contributed by atoms with Crippen molar-refractivity contribution in [2.75, 3.05) is 0 Å². The van der Waals surface area contributed by atoms with Crippen LogP contribution in [0.15, 0.2) is 0 Å². The number of rotatable bonds is 3. The van der Waals surface area contributed by atoms with Gasteiger partial charge in [-0.15, -0.1) is 0 Å². The number of amides is 3. The van der Waals surface area contributed by atoms with Crippen LogP contribution >= 0.6 is 0 Å². The van der Waals surface area contributed by atoms with Crippen molar-refractivity contribution < 1.29 is 61.2 Å². The summed E-state index contributed by atoms with van der Waals surface area (Å²) in [6.45, 7) is 0. The first-order valence-electron chi connectivity index (χ1n) is 8.16. The zero-order chi connectivity index (χ0) is 20.6. The minimum Gasteiger partial charge on any atom is -0.480 e. The predicted octanol–water partition coefficient (Wildman–Crippen LogP) is -1.95. The van der Waals surface area contributed by atoms with Gasteiger partial charge < -0.3 is 31.3 Å². The molecule has 3 saturated heterocycles. The summed E-state index contributed by atoms with van der Waals surface area (Å²) in [6, 6.07) is -1.92. The normalized spacial score (nSPS) is 24.9. The summed E-state index contributed by atoms with van der Waals surface area (Å²) in [5.74, 6) is -3.32. The Labute approximate surface area is 169 Å². The van der Waals surface area contributed by atoms with E-state index in [1.807, 2.05) is 0 Å². The molecule has 3 aliphatic rings. The molecule has 3 fully saturated rings. The average Bonchev–Trinajstić information content (AvgIpc) is 3.30. The second-order valence-electron chi connectivity index (χ2n) is 5.99. The Kier molecular flexibility index (Phi) is 10.8. The molecule has 0 aromatic heterocycles. The maximum Gasteiger partial charge on any atom is 0.326 e. The number of carboxylic acids is 3. The number of hydrogen-bond acceptors (Lipinski definition) is 6. The zero-order valence-corrected chi connectivity index (χ0v) is 15.7. The molecule has 0 bridgehead atoms. The molecule has 0 aliphatic carbocycles. The molecular weight excluding hydrogens is 422 g/mol. The van der Waals surface area contributed by atoms with Gasteiger partial charge in [0, 0.05) is 36.3 Å². The Balaban J connectivity index is 0.000000384. The van der Waals surface area contributed by atoms with Crippen LogP contribution in [0.4, 0.5) is 0 Å². The second kappa shape index (κ2) is 11.9. The van der Waals surface area contributed by atoms with E-state index in [0.29, 0.717) is 38.5 Å². The standard InChI is InChI=1S/3C5H7NO3.Fe/c3*7-4-2-1-3(6-4)5(8)9;/h3*3H,1-2H2,(H,6,7)(H,8,9);. The van der Waals surface area contributed by atoms with Crippen LogP contribution in [0.5, 0.6) is 0 Å². The minimum atomic E-state index is -0.944. The molecular formula is C15H21FeN3O9. The molecule has 12 nitrogen and oxygen atoms in total. The van der Waals surface area contributed by atoms with Crippen LogP contribution in [0.2, 0.25) is 0 Å². The van der Waals surface area contributed by atoms with E-state index in [2.05, 4.69) is 16.0 Å². The third kappa shape index (κ3) is 8.82. The van der Waals surface area contributed by atoms with Gasteiger partial charge in [-0.25, -0.2) is 14.4 Å². The van der Waals surface area contributed by atoms with Crippen LogP contribution in [-0.4, -0.2) is 69.1 Å². The molecule has 3 aliphatic heterocycles. The average molecular weight is 443 g/mol. The zero-order valence-electron chi connectivity index (χ0n) is 14.6. The Bertz CT molecular complexity index is 555. The second-order valence-corrected chi connectivity index (χ2v) is 5.99. The third-order valence-corrected chi connectivity index (χ3v) is 3.88. The van der Waals surface area contributed by atoms with Gasteiger partial charge in [0.05, 0.1) is 0 Å². The quantitative estimate of drug-likeness (QED) is 0.268. The first kappa shape index (κ1) is 25.3. The minimum absolute atomic E-state index is 0. The van der Waals surface area contributed by atoms with Crippen molar-refractivity contribution in [2.45, 2.75) is 56.7 Å². The molecule has 28 heavy (non-hydrogen) atoms. The van der Waals surface area contributed by atoms with E-state index in [4.69, 9.17) is 15.3 Å². The summed E-state index contributed by atoms with van der Waals surface area (Å²) in [5.41, 5.74) is 0. The molecule has 3 atom stereocenters. The van der Waals surface area contributed by atoms with Crippen molar-refractivity contribution >= 4 is 35.6 Å². The Morgan fingerprint density at radius 1 is 0.607 bits per heavy atom. The summed E-state index contributed by atoms with van der Waals surface area (Å²) in [6.07, 6.45) is 2.31. The fourth-order valence-corrected chi connectivity index (χ4v) is 2.40. The van der Waals surface area contributed by atoms with Crippen molar-refractivity contribution in [2.24, 2.45) is 0 Å². The van der Waals surface area contributed by atoms with E-state index < -0.39 is 36.0 Å². The third-order valence-electron chi connectivity index (χ3n) is 3.88. The van der Waals surface area contributed by atoms with Gasteiger partial charge in [0.1, 0.15) is 18.1 Å². The van der Waals surface area contributed by atoms with E-state index in [9.17, 15) is 28.8 Å². The summed E-state index contributed by atoms with van der Waals surface area (Å²) < 4.78 is 0. The maximum absolute atomic E-state index is 10.4. The van der Waals surface area contributed by atoms with Crippen LogP contribution in [0, 0.1) is 0 Å². The van der Waals surface area contributed by atoms with Crippen LogP contribution in [0.1, 0.15) is 38.5 Å². The number of aliphatic carboxylic acids is 3. The number of carbonyl (C=O) groups excluding carboxylic acids is 3. The fraction of sp³-hybridized carbons (Fsp3) is 0.600. The van der Waals surface area contributed by atoms with Gasteiger partial charge in [-0.05, 0) is 19.3 Å². The number of nitrogens with one attached hydrogen (secondary N) is 3. The van der Waals surface area contributed by atoms with Crippen LogP contribution in [0.25, 0.3) is 0 Å². The Hall–Kier alpha value is -2.66. The molecule has 3 unspecified atom stereocenters. The SMILES string of the molecule is O=C1CCC(C(=O)O)N1.O=C1CCC(C(=O)O)N1.O=C1CCC(C(=O)O)N1.[Fe]. The summed E-state index contributed by atoms with van der Waals surface area (Å²) in [7, 11) is 0. The topological polar surface area (TPSA) is 199 Å². The molecule has 6 N–H and O–H groups in total. The van der Waals surface area contributed by atoms with Crippen molar-refractivity contribution in [3.8, 4) is 0 Å². The van der Waals surface area contributed by atoms with Crippen molar-refractivity contribution in [1.29, 1.82) is 0 Å². The van der Waals surface area contributed by atoms with E-state index in [1.54, 1.807) is 0 Å². The van der Waals surface area contributed by atoms with Crippen LogP contribution in [-0.2, 0) is 45.8 Å². The number of carbonyl (C=O) groups is 6. The summed E-state index contributed by atoms with van der Waals surface area (Å²) in [4.78, 5) is 61.5. The van der Waals surface area contributed by atoms with Gasteiger partial charge in [-0.3, -0.25) is 14.4 Å². The molecule has 0 radical (unpaired) electrons. The Morgan fingerprint density at radius 3 is 0.893 bits per heavy atom.